The van der Waals surface area contributed by atoms with Crippen molar-refractivity contribution in [1.82, 2.24) is 19.7 Å². The molecule has 2 saturated carbocycles. The molecule has 0 N–H and O–H groups in total. The van der Waals surface area contributed by atoms with Gasteiger partial charge in [0.25, 0.3) is 0 Å². The van der Waals surface area contributed by atoms with Gasteiger partial charge < -0.3 is 9.32 Å². The van der Waals surface area contributed by atoms with E-state index in [0.717, 1.165) is 30.3 Å². The van der Waals surface area contributed by atoms with E-state index in [4.69, 9.17) is 4.42 Å². The fraction of sp³-hybridized carbons (Fsp3) is 0.588. The molecule has 2 fully saturated rings. The number of nitrogens with zero attached hydrogens (tertiary/aromatic N) is 4. The van der Waals surface area contributed by atoms with Gasteiger partial charge in [0.05, 0.1) is 13.1 Å². The molecular weight excluding hydrogens is 292 g/mol. The Kier molecular flexibility index (Phi) is 3.67. The van der Waals surface area contributed by atoms with Crippen molar-refractivity contribution >= 4 is 5.91 Å². The molecule has 0 saturated heterocycles. The number of carbonyl (C=O) groups excluding carboxylic acids is 1. The lowest BCUT2D eigenvalue weighted by Gasteiger charge is -2.21. The maximum absolute atomic E-state index is 12.6. The minimum absolute atomic E-state index is 0.167. The number of hydrogen-bond donors (Lipinski definition) is 0. The predicted octanol–water partition coefficient (Wildman–Crippen LogP) is 2.58. The lowest BCUT2D eigenvalue weighted by atomic mass is 10.2. The molecule has 0 radical (unpaired) electrons. The molecule has 0 bridgehead atoms. The highest BCUT2D eigenvalue weighted by molar-refractivity contribution is 5.76. The average Bonchev–Trinajstić information content (AvgIpc) is 3.40. The van der Waals surface area contributed by atoms with Crippen LogP contribution in [0.1, 0.15) is 50.0 Å². The van der Waals surface area contributed by atoms with E-state index in [1.165, 1.54) is 12.7 Å². The summed E-state index contributed by atoms with van der Waals surface area (Å²) in [4.78, 5) is 18.4. The van der Waals surface area contributed by atoms with Crippen LogP contribution in [0, 0.1) is 5.92 Å². The summed E-state index contributed by atoms with van der Waals surface area (Å²) < 4.78 is 7.66. The number of furan rings is 1. The van der Waals surface area contributed by atoms with Crippen molar-refractivity contribution in [1.29, 1.82) is 0 Å². The van der Waals surface area contributed by atoms with Gasteiger partial charge in [0, 0.05) is 18.4 Å². The van der Waals surface area contributed by atoms with Crippen LogP contribution in [-0.4, -0.2) is 31.6 Å². The zero-order valence-corrected chi connectivity index (χ0v) is 13.4. The molecule has 2 atom stereocenters. The maximum atomic E-state index is 12.6. The van der Waals surface area contributed by atoms with E-state index in [9.17, 15) is 4.79 Å². The number of rotatable bonds is 7. The Morgan fingerprint density at radius 1 is 1.43 bits per heavy atom. The van der Waals surface area contributed by atoms with Crippen LogP contribution in [0.4, 0.5) is 0 Å². The first-order valence-corrected chi connectivity index (χ1v) is 8.41. The van der Waals surface area contributed by atoms with Gasteiger partial charge in [0.2, 0.25) is 5.91 Å². The van der Waals surface area contributed by atoms with Crippen LogP contribution in [0.15, 0.2) is 29.2 Å². The summed E-state index contributed by atoms with van der Waals surface area (Å²) in [5.41, 5.74) is 0. The number of amides is 1. The van der Waals surface area contributed by atoms with Gasteiger partial charge in [-0.05, 0) is 37.3 Å². The Hall–Kier alpha value is -2.11. The number of carbonyl (C=O) groups is 1. The molecule has 0 aromatic carbocycles. The van der Waals surface area contributed by atoms with Gasteiger partial charge in [0.1, 0.15) is 24.2 Å². The van der Waals surface area contributed by atoms with Crippen molar-refractivity contribution in [2.45, 2.75) is 57.7 Å². The lowest BCUT2D eigenvalue weighted by Crippen LogP contribution is -2.33. The van der Waals surface area contributed by atoms with Crippen LogP contribution in [0.5, 0.6) is 0 Å². The van der Waals surface area contributed by atoms with Gasteiger partial charge in [0.15, 0.2) is 0 Å². The van der Waals surface area contributed by atoms with Crippen molar-refractivity contribution in [2.24, 2.45) is 5.92 Å². The fourth-order valence-electron chi connectivity index (χ4n) is 3.07. The normalized spacial score (nSPS) is 23.0. The quantitative estimate of drug-likeness (QED) is 0.788. The molecule has 2 aliphatic carbocycles. The third kappa shape index (κ3) is 3.30. The van der Waals surface area contributed by atoms with Gasteiger partial charge >= 0.3 is 0 Å². The first-order chi connectivity index (χ1) is 11.2. The highest BCUT2D eigenvalue weighted by atomic mass is 16.3. The van der Waals surface area contributed by atoms with E-state index in [1.807, 2.05) is 11.0 Å². The maximum Gasteiger partial charge on any atom is 0.225 e. The van der Waals surface area contributed by atoms with Gasteiger partial charge in [-0.2, -0.15) is 5.10 Å². The number of aryl methyl sites for hydroxylation is 1. The number of hydrogen-bond acceptors (Lipinski definition) is 4. The van der Waals surface area contributed by atoms with Crippen molar-refractivity contribution in [2.75, 3.05) is 0 Å². The zero-order chi connectivity index (χ0) is 15.8. The second-order valence-corrected chi connectivity index (χ2v) is 6.78. The van der Waals surface area contributed by atoms with Crippen LogP contribution in [0.3, 0.4) is 0 Å². The van der Waals surface area contributed by atoms with Crippen LogP contribution in [0.25, 0.3) is 0 Å². The van der Waals surface area contributed by atoms with Crippen molar-refractivity contribution in [3.63, 3.8) is 0 Å². The third-order valence-corrected chi connectivity index (χ3v) is 4.81. The Labute approximate surface area is 135 Å². The molecule has 6 nitrogen and oxygen atoms in total. The molecule has 122 valence electrons. The van der Waals surface area contributed by atoms with Crippen LogP contribution < -0.4 is 0 Å². The number of aromatic nitrogens is 3. The molecule has 2 heterocycles. The summed E-state index contributed by atoms with van der Waals surface area (Å²) >= 11 is 0. The molecule has 2 aromatic heterocycles. The Morgan fingerprint density at radius 3 is 2.91 bits per heavy atom. The summed E-state index contributed by atoms with van der Waals surface area (Å²) in [6, 6.07) is 4.49. The second-order valence-electron chi connectivity index (χ2n) is 6.78. The Morgan fingerprint density at radius 2 is 2.26 bits per heavy atom. The summed E-state index contributed by atoms with van der Waals surface area (Å²) in [6.45, 7) is 3.41. The van der Waals surface area contributed by atoms with E-state index in [2.05, 4.69) is 23.1 Å². The van der Waals surface area contributed by atoms with Crippen molar-refractivity contribution < 1.29 is 9.21 Å². The molecule has 0 spiro atoms. The first kappa shape index (κ1) is 14.5. The van der Waals surface area contributed by atoms with E-state index in [0.29, 0.717) is 31.5 Å². The molecule has 4 rings (SSSR count). The molecular formula is C17H22N4O2. The minimum atomic E-state index is 0.167. The second kappa shape index (κ2) is 5.83. The summed E-state index contributed by atoms with van der Waals surface area (Å²) in [7, 11) is 0. The monoisotopic (exact) mass is 314 g/mol. The first-order valence-electron chi connectivity index (χ1n) is 8.41. The standard InChI is InChI=1S/C17H22N4O2/c1-12-8-15(12)16-5-4-14(23-16)9-21(13-2-3-13)17(22)6-7-20-11-18-10-19-20/h4-5,10-13,15H,2-3,6-9H2,1H3/t12-,15-/m0/s1. The SMILES string of the molecule is C[C@H]1C[C@@H]1c1ccc(CN(C(=O)CCn2cncn2)C2CC2)o1. The van der Waals surface area contributed by atoms with Crippen molar-refractivity contribution in [3.8, 4) is 0 Å². The van der Waals surface area contributed by atoms with E-state index in [1.54, 1.807) is 11.0 Å². The zero-order valence-electron chi connectivity index (χ0n) is 13.4. The average molecular weight is 314 g/mol. The predicted molar refractivity (Wildman–Crippen MR) is 83.4 cm³/mol. The van der Waals surface area contributed by atoms with Gasteiger partial charge in [-0.1, -0.05) is 6.92 Å². The summed E-state index contributed by atoms with van der Waals surface area (Å²) in [6.07, 6.45) is 7.00. The molecule has 0 unspecified atom stereocenters. The highest BCUT2D eigenvalue weighted by Gasteiger charge is 2.37. The Bertz CT molecular complexity index is 675. The molecule has 2 aliphatic rings. The van der Waals surface area contributed by atoms with E-state index >= 15 is 0 Å². The minimum Gasteiger partial charge on any atom is -0.464 e. The van der Waals surface area contributed by atoms with Crippen molar-refractivity contribution in [3.05, 3.63) is 36.3 Å². The van der Waals surface area contributed by atoms with Crippen LogP contribution in [0.2, 0.25) is 0 Å². The molecule has 1 amide bonds. The summed E-state index contributed by atoms with van der Waals surface area (Å²) in [5, 5.41) is 4.05. The van der Waals surface area contributed by atoms with Gasteiger partial charge in [-0.3, -0.25) is 9.48 Å². The van der Waals surface area contributed by atoms with Crippen LogP contribution in [-0.2, 0) is 17.9 Å². The van der Waals surface area contributed by atoms with Gasteiger partial charge in [-0.15, -0.1) is 0 Å². The fourth-order valence-corrected chi connectivity index (χ4v) is 3.07. The lowest BCUT2D eigenvalue weighted by molar-refractivity contribution is -0.133. The largest absolute Gasteiger partial charge is 0.464 e. The van der Waals surface area contributed by atoms with Crippen LogP contribution >= 0.6 is 0 Å². The topological polar surface area (TPSA) is 64.2 Å². The molecule has 0 aliphatic heterocycles. The summed E-state index contributed by atoms with van der Waals surface area (Å²) in [5.74, 6) is 3.47. The van der Waals surface area contributed by atoms with E-state index in [-0.39, 0.29) is 5.91 Å². The highest BCUT2D eigenvalue weighted by Crippen LogP contribution is 2.47. The molecule has 6 heteroatoms. The third-order valence-electron chi connectivity index (χ3n) is 4.81. The van der Waals surface area contributed by atoms with E-state index < -0.39 is 0 Å². The molecule has 2 aromatic rings. The smallest absolute Gasteiger partial charge is 0.225 e. The Balaban J connectivity index is 1.37. The van der Waals surface area contributed by atoms with Gasteiger partial charge in [-0.25, -0.2) is 4.98 Å². The molecule has 23 heavy (non-hydrogen) atoms.